The van der Waals surface area contributed by atoms with Crippen LogP contribution in [0.25, 0.3) is 0 Å². The second kappa shape index (κ2) is 12.4. The maximum atomic E-state index is 11.3. The number of nitrogens with two attached hydrogens (primary N) is 1. The lowest BCUT2D eigenvalue weighted by molar-refractivity contribution is -0.125. The summed E-state index contributed by atoms with van der Waals surface area (Å²) < 4.78 is 0. The van der Waals surface area contributed by atoms with Crippen molar-refractivity contribution in [3.8, 4) is 0 Å². The summed E-state index contributed by atoms with van der Waals surface area (Å²) >= 11 is 0. The van der Waals surface area contributed by atoms with Crippen LogP contribution in [0.1, 0.15) is 84.5 Å². The number of hydrogen-bond donors (Lipinski definition) is 6. The molecule has 1 heterocycles. The maximum Gasteiger partial charge on any atom is 0.129 e. The number of rotatable bonds is 8. The van der Waals surface area contributed by atoms with E-state index in [1.54, 1.807) is 0 Å². The van der Waals surface area contributed by atoms with Crippen LogP contribution in [0.15, 0.2) is 23.3 Å². The molecule has 0 amide bonds. The topological polar surface area (TPSA) is 122 Å². The fraction of sp³-hybridized carbons (Fsp3) is 0.871. The van der Waals surface area contributed by atoms with Gasteiger partial charge in [0.1, 0.15) is 18.7 Å². The van der Waals surface area contributed by atoms with Crippen molar-refractivity contribution in [2.24, 2.45) is 47.2 Å². The van der Waals surface area contributed by atoms with Gasteiger partial charge in [-0.25, -0.2) is 0 Å². The molecule has 0 spiro atoms. The lowest BCUT2D eigenvalue weighted by Gasteiger charge is -2.51. The van der Waals surface area contributed by atoms with Gasteiger partial charge in [0.2, 0.25) is 0 Å². The van der Waals surface area contributed by atoms with Crippen molar-refractivity contribution in [1.29, 1.82) is 0 Å². The first kappa shape index (κ1) is 28.7. The molecule has 4 aliphatic carbocycles. The molecule has 216 valence electrons. The van der Waals surface area contributed by atoms with Crippen LogP contribution >= 0.6 is 0 Å². The molecule has 0 radical (unpaired) electrons. The Morgan fingerprint density at radius 1 is 1.05 bits per heavy atom. The van der Waals surface area contributed by atoms with Gasteiger partial charge in [-0.2, -0.15) is 0 Å². The molecule has 38 heavy (non-hydrogen) atoms. The van der Waals surface area contributed by atoms with E-state index in [-0.39, 0.29) is 11.8 Å². The molecule has 2 saturated carbocycles. The predicted molar refractivity (Wildman–Crippen MR) is 149 cm³/mol. The average molecular weight is 532 g/mol. The Bertz CT molecular complexity index is 862. The normalized spacial score (nSPS) is 41.3. The monoisotopic (exact) mass is 531 g/mol. The second-order valence-electron chi connectivity index (χ2n) is 13.5. The third kappa shape index (κ3) is 6.09. The number of likely N-dealkylation sites (tertiary alicyclic amines) is 1. The first-order valence-corrected chi connectivity index (χ1v) is 15.6. The highest BCUT2D eigenvalue weighted by Gasteiger charge is 2.48. The van der Waals surface area contributed by atoms with Gasteiger partial charge in [0.05, 0.1) is 6.10 Å². The van der Waals surface area contributed by atoms with Crippen molar-refractivity contribution < 1.29 is 20.4 Å². The van der Waals surface area contributed by atoms with Gasteiger partial charge < -0.3 is 26.2 Å². The van der Waals surface area contributed by atoms with Crippen LogP contribution in [0.5, 0.6) is 0 Å². The summed E-state index contributed by atoms with van der Waals surface area (Å²) in [6.07, 6.45) is 13.3. The molecule has 7 unspecified atom stereocenters. The van der Waals surface area contributed by atoms with Crippen molar-refractivity contribution in [1.82, 2.24) is 10.2 Å². The van der Waals surface area contributed by atoms with Crippen molar-refractivity contribution in [3.63, 3.8) is 0 Å². The van der Waals surface area contributed by atoms with E-state index in [0.29, 0.717) is 30.6 Å². The first-order valence-electron chi connectivity index (χ1n) is 15.6. The molecule has 0 bridgehead atoms. The highest BCUT2D eigenvalue weighted by Crippen LogP contribution is 2.46. The second-order valence-corrected chi connectivity index (χ2v) is 13.5. The van der Waals surface area contributed by atoms with Gasteiger partial charge in [0.15, 0.2) is 0 Å². The number of nitrogens with one attached hydrogen (secondary N) is 1. The molecule has 7 heteroatoms. The molecule has 7 N–H and O–H groups in total. The van der Waals surface area contributed by atoms with Crippen molar-refractivity contribution in [2.45, 2.75) is 115 Å². The molecule has 5 rings (SSSR count). The Labute approximate surface area is 229 Å². The van der Waals surface area contributed by atoms with E-state index in [0.717, 1.165) is 57.0 Å². The first-order chi connectivity index (χ1) is 18.2. The SMILES string of the molecule is CC1=CCCC1C[C@H](NC(O)C1C(C)C2CCN(C(O)C3=CC[C@@H]4CCCC[C@@H]4C3)CC2C[C@@H]1O)[C@@H](N)O. The van der Waals surface area contributed by atoms with Gasteiger partial charge in [0.25, 0.3) is 0 Å². The molecule has 3 fully saturated rings. The van der Waals surface area contributed by atoms with E-state index >= 15 is 0 Å². The summed E-state index contributed by atoms with van der Waals surface area (Å²) in [5, 5.41) is 47.3. The summed E-state index contributed by atoms with van der Waals surface area (Å²) in [7, 11) is 0. The molecule has 12 atom stereocenters. The van der Waals surface area contributed by atoms with Gasteiger partial charge in [-0.15, -0.1) is 0 Å². The average Bonchev–Trinajstić information content (AvgIpc) is 3.31. The fourth-order valence-electron chi connectivity index (χ4n) is 8.99. The standard InChI is InChI=1S/C31H53N3O4/c1-18-6-5-9-21(18)15-26(29(32)36)33-30(37)28-19(2)25-12-13-34(17-24(25)16-27(28)35)31(38)23-11-10-20-7-3-4-8-22(20)14-23/h6,11,19-22,24-31,33,35-38H,3-5,7-10,12-17,32H2,1-2H3/t19?,20-,21?,22+,24?,25?,26-,27-,28?,29-,30?,31?/m0/s1. The largest absolute Gasteiger partial charge is 0.393 e. The molecule has 1 aliphatic heterocycles. The van der Waals surface area contributed by atoms with Gasteiger partial charge in [-0.3, -0.25) is 10.2 Å². The zero-order chi connectivity index (χ0) is 27.0. The maximum absolute atomic E-state index is 11.3. The Kier molecular flexibility index (Phi) is 9.35. The Morgan fingerprint density at radius 3 is 2.53 bits per heavy atom. The Balaban J connectivity index is 1.18. The summed E-state index contributed by atoms with van der Waals surface area (Å²) in [6, 6.07) is -0.418. The zero-order valence-electron chi connectivity index (χ0n) is 23.6. The third-order valence-corrected chi connectivity index (χ3v) is 11.3. The molecular formula is C31H53N3O4. The van der Waals surface area contributed by atoms with E-state index in [4.69, 9.17) is 5.73 Å². The number of aliphatic hydroxyl groups excluding tert-OH is 4. The van der Waals surface area contributed by atoms with Crippen molar-refractivity contribution in [2.75, 3.05) is 13.1 Å². The van der Waals surface area contributed by atoms with Crippen LogP contribution in [0.2, 0.25) is 0 Å². The molecule has 0 aromatic heterocycles. The van der Waals surface area contributed by atoms with Gasteiger partial charge in [-0.1, -0.05) is 37.5 Å². The highest BCUT2D eigenvalue weighted by molar-refractivity contribution is 5.14. The van der Waals surface area contributed by atoms with Crippen LogP contribution in [-0.2, 0) is 0 Å². The summed E-state index contributed by atoms with van der Waals surface area (Å²) in [5.74, 6) is 2.45. The zero-order valence-corrected chi connectivity index (χ0v) is 23.6. The number of nitrogens with zero attached hydrogens (tertiary/aromatic N) is 1. The number of hydrogen-bond acceptors (Lipinski definition) is 7. The van der Waals surface area contributed by atoms with Gasteiger partial charge in [-0.05, 0) is 106 Å². The third-order valence-electron chi connectivity index (χ3n) is 11.3. The molecule has 1 saturated heterocycles. The van der Waals surface area contributed by atoms with Gasteiger partial charge in [0, 0.05) is 25.0 Å². The van der Waals surface area contributed by atoms with Gasteiger partial charge >= 0.3 is 0 Å². The minimum absolute atomic E-state index is 0.131. The molecule has 5 aliphatic rings. The highest BCUT2D eigenvalue weighted by atomic mass is 16.3. The summed E-state index contributed by atoms with van der Waals surface area (Å²) in [5.41, 5.74) is 8.47. The minimum Gasteiger partial charge on any atom is -0.393 e. The number of piperidine rings is 1. The van der Waals surface area contributed by atoms with E-state index < -0.39 is 30.8 Å². The fourth-order valence-corrected chi connectivity index (χ4v) is 8.99. The number of fused-ring (bicyclic) bond motifs is 2. The van der Waals surface area contributed by atoms with Crippen LogP contribution in [0, 0.1) is 41.4 Å². The van der Waals surface area contributed by atoms with Crippen LogP contribution in [0.3, 0.4) is 0 Å². The number of allylic oxidation sites excluding steroid dienone is 3. The Hall–Kier alpha value is -0.800. The predicted octanol–water partition coefficient (Wildman–Crippen LogP) is 3.09. The van der Waals surface area contributed by atoms with E-state index in [9.17, 15) is 20.4 Å². The van der Waals surface area contributed by atoms with E-state index in [1.165, 1.54) is 36.8 Å². The van der Waals surface area contributed by atoms with Crippen LogP contribution < -0.4 is 11.1 Å². The summed E-state index contributed by atoms with van der Waals surface area (Å²) in [6.45, 7) is 5.93. The molecule has 0 aromatic carbocycles. The lowest BCUT2D eigenvalue weighted by Crippen LogP contribution is -2.59. The van der Waals surface area contributed by atoms with Crippen LogP contribution in [0.4, 0.5) is 0 Å². The van der Waals surface area contributed by atoms with E-state index in [2.05, 4.69) is 36.2 Å². The quantitative estimate of drug-likeness (QED) is 0.210. The number of aliphatic hydroxyl groups is 4. The minimum atomic E-state index is -1.07. The summed E-state index contributed by atoms with van der Waals surface area (Å²) in [4.78, 5) is 2.24. The molecule has 0 aromatic rings. The smallest absolute Gasteiger partial charge is 0.129 e. The van der Waals surface area contributed by atoms with E-state index in [1.807, 2.05) is 0 Å². The molecular weight excluding hydrogens is 478 g/mol. The van der Waals surface area contributed by atoms with Crippen molar-refractivity contribution >= 4 is 0 Å². The van der Waals surface area contributed by atoms with Crippen molar-refractivity contribution in [3.05, 3.63) is 23.3 Å². The van der Waals surface area contributed by atoms with Crippen LogP contribution in [-0.4, -0.2) is 69.2 Å². The lowest BCUT2D eigenvalue weighted by atomic mass is 9.62. The molecule has 7 nitrogen and oxygen atoms in total. The Morgan fingerprint density at radius 2 is 1.82 bits per heavy atom.